The molecule has 0 unspecified atom stereocenters. The number of ether oxygens (including phenoxy) is 2. The second-order valence-corrected chi connectivity index (χ2v) is 6.81. The fraction of sp³-hybridized carbons (Fsp3) is 0.286. The number of carbonyl (C=O) groups excluding carboxylic acids is 1. The number of carbonyl (C=O) groups is 1. The van der Waals surface area contributed by atoms with Crippen molar-refractivity contribution in [2.75, 3.05) is 26.3 Å². The third-order valence-electron chi connectivity index (χ3n) is 5.05. The Labute approximate surface area is 162 Å². The standard InChI is InChI=1S/C21H20N4O3/c26-21(16-7-4-8-17-19(16)28-14-13-27-17)24-10-9-18-22-20(23-25(18)12-11-24)15-5-2-1-3-6-15/h1-8H,9-14H2. The first-order chi connectivity index (χ1) is 13.8. The predicted molar refractivity (Wildman–Crippen MR) is 102 cm³/mol. The van der Waals surface area contributed by atoms with Crippen molar-refractivity contribution in [1.29, 1.82) is 0 Å². The lowest BCUT2D eigenvalue weighted by molar-refractivity contribution is 0.0747. The summed E-state index contributed by atoms with van der Waals surface area (Å²) in [6.07, 6.45) is 0.665. The first-order valence-electron chi connectivity index (χ1n) is 9.46. The molecule has 0 atom stereocenters. The van der Waals surface area contributed by atoms with Gasteiger partial charge in [-0.15, -0.1) is 0 Å². The molecule has 1 aromatic heterocycles. The van der Waals surface area contributed by atoms with E-state index in [2.05, 4.69) is 10.1 Å². The molecule has 7 heteroatoms. The maximum absolute atomic E-state index is 13.1. The number of benzene rings is 2. The Bertz CT molecular complexity index is 990. The Balaban J connectivity index is 1.35. The zero-order valence-electron chi connectivity index (χ0n) is 15.4. The maximum Gasteiger partial charge on any atom is 0.257 e. The molecule has 3 heterocycles. The summed E-state index contributed by atoms with van der Waals surface area (Å²) in [6.45, 7) is 2.75. The summed E-state index contributed by atoms with van der Waals surface area (Å²) in [4.78, 5) is 19.7. The molecule has 0 aliphatic carbocycles. The molecule has 0 bridgehead atoms. The second-order valence-electron chi connectivity index (χ2n) is 6.81. The van der Waals surface area contributed by atoms with E-state index in [4.69, 9.17) is 9.47 Å². The Morgan fingerprint density at radius 2 is 1.79 bits per heavy atom. The highest BCUT2D eigenvalue weighted by Gasteiger charge is 2.26. The average Bonchev–Trinajstić information content (AvgIpc) is 3.06. The molecule has 142 valence electrons. The average molecular weight is 376 g/mol. The zero-order chi connectivity index (χ0) is 18.9. The van der Waals surface area contributed by atoms with Gasteiger partial charge in [-0.25, -0.2) is 9.67 Å². The lowest BCUT2D eigenvalue weighted by Gasteiger charge is -2.24. The highest BCUT2D eigenvalue weighted by molar-refractivity contribution is 5.98. The molecule has 0 radical (unpaired) electrons. The van der Waals surface area contributed by atoms with E-state index in [1.165, 1.54) is 0 Å². The van der Waals surface area contributed by atoms with Gasteiger partial charge in [-0.3, -0.25) is 4.79 Å². The summed E-state index contributed by atoms with van der Waals surface area (Å²) < 4.78 is 13.2. The van der Waals surface area contributed by atoms with Gasteiger partial charge in [-0.1, -0.05) is 36.4 Å². The predicted octanol–water partition coefficient (Wildman–Crippen LogP) is 2.41. The minimum absolute atomic E-state index is 0.0450. The molecule has 2 aromatic carbocycles. The quantitative estimate of drug-likeness (QED) is 0.687. The van der Waals surface area contributed by atoms with Gasteiger partial charge in [-0.2, -0.15) is 5.10 Å². The van der Waals surface area contributed by atoms with E-state index in [0.29, 0.717) is 56.3 Å². The fourth-order valence-electron chi connectivity index (χ4n) is 3.63. The molecule has 0 saturated heterocycles. The van der Waals surface area contributed by atoms with E-state index in [1.54, 1.807) is 6.07 Å². The summed E-state index contributed by atoms with van der Waals surface area (Å²) in [5.74, 6) is 2.78. The van der Waals surface area contributed by atoms with E-state index >= 15 is 0 Å². The summed E-state index contributed by atoms with van der Waals surface area (Å²) in [5.41, 5.74) is 1.55. The number of rotatable bonds is 2. The number of nitrogens with zero attached hydrogens (tertiary/aromatic N) is 4. The van der Waals surface area contributed by atoms with Crippen LogP contribution in [0.2, 0.25) is 0 Å². The topological polar surface area (TPSA) is 69.5 Å². The van der Waals surface area contributed by atoms with Gasteiger partial charge in [0.05, 0.1) is 12.1 Å². The Morgan fingerprint density at radius 1 is 0.929 bits per heavy atom. The molecule has 0 fully saturated rings. The van der Waals surface area contributed by atoms with Crippen LogP contribution in [0, 0.1) is 0 Å². The SMILES string of the molecule is O=C(c1cccc2c1OCCO2)N1CCc2nc(-c3ccccc3)nn2CC1. The molecule has 0 spiro atoms. The first-order valence-corrected chi connectivity index (χ1v) is 9.46. The van der Waals surface area contributed by atoms with Crippen molar-refractivity contribution in [1.82, 2.24) is 19.7 Å². The normalized spacial score (nSPS) is 15.6. The third kappa shape index (κ3) is 2.98. The van der Waals surface area contributed by atoms with Crippen molar-refractivity contribution < 1.29 is 14.3 Å². The minimum atomic E-state index is -0.0450. The van der Waals surface area contributed by atoms with Gasteiger partial charge < -0.3 is 14.4 Å². The molecule has 3 aromatic rings. The monoisotopic (exact) mass is 376 g/mol. The summed E-state index contributed by atoms with van der Waals surface area (Å²) in [7, 11) is 0. The van der Waals surface area contributed by atoms with E-state index in [9.17, 15) is 4.79 Å². The third-order valence-corrected chi connectivity index (χ3v) is 5.05. The van der Waals surface area contributed by atoms with Gasteiger partial charge in [0.1, 0.15) is 19.0 Å². The lowest BCUT2D eigenvalue weighted by atomic mass is 10.1. The van der Waals surface area contributed by atoms with Crippen LogP contribution in [0.4, 0.5) is 0 Å². The number of fused-ring (bicyclic) bond motifs is 2. The van der Waals surface area contributed by atoms with E-state index in [0.717, 1.165) is 17.2 Å². The van der Waals surface area contributed by atoms with Gasteiger partial charge in [0.2, 0.25) is 0 Å². The van der Waals surface area contributed by atoms with E-state index < -0.39 is 0 Å². The Morgan fingerprint density at radius 3 is 2.68 bits per heavy atom. The van der Waals surface area contributed by atoms with Crippen LogP contribution in [0.3, 0.4) is 0 Å². The molecule has 5 rings (SSSR count). The lowest BCUT2D eigenvalue weighted by Crippen LogP contribution is -2.34. The number of hydrogen-bond acceptors (Lipinski definition) is 5. The summed E-state index contributed by atoms with van der Waals surface area (Å²) in [6, 6.07) is 15.4. The molecule has 28 heavy (non-hydrogen) atoms. The molecule has 0 saturated carbocycles. The minimum Gasteiger partial charge on any atom is -0.486 e. The Hall–Kier alpha value is -3.35. The van der Waals surface area contributed by atoms with Crippen LogP contribution in [0.15, 0.2) is 48.5 Å². The van der Waals surface area contributed by atoms with Crippen LogP contribution in [0.5, 0.6) is 11.5 Å². The van der Waals surface area contributed by atoms with Crippen LogP contribution in [-0.2, 0) is 13.0 Å². The summed E-state index contributed by atoms with van der Waals surface area (Å²) >= 11 is 0. The molecule has 1 amide bonds. The highest BCUT2D eigenvalue weighted by Crippen LogP contribution is 2.34. The van der Waals surface area contributed by atoms with Crippen LogP contribution in [-0.4, -0.2) is 51.9 Å². The first kappa shape index (κ1) is 16.8. The molecular weight excluding hydrogens is 356 g/mol. The van der Waals surface area contributed by atoms with Crippen molar-refractivity contribution in [2.24, 2.45) is 0 Å². The molecular formula is C21H20N4O3. The van der Waals surface area contributed by atoms with Crippen LogP contribution in [0.25, 0.3) is 11.4 Å². The van der Waals surface area contributed by atoms with Crippen LogP contribution < -0.4 is 9.47 Å². The van der Waals surface area contributed by atoms with Gasteiger partial charge in [-0.05, 0) is 12.1 Å². The molecule has 7 nitrogen and oxygen atoms in total. The summed E-state index contributed by atoms with van der Waals surface area (Å²) in [5, 5.41) is 4.64. The smallest absolute Gasteiger partial charge is 0.257 e. The van der Waals surface area contributed by atoms with Gasteiger partial charge >= 0.3 is 0 Å². The van der Waals surface area contributed by atoms with Crippen molar-refractivity contribution in [3.05, 3.63) is 59.9 Å². The number of hydrogen-bond donors (Lipinski definition) is 0. The van der Waals surface area contributed by atoms with E-state index in [-0.39, 0.29) is 5.91 Å². The van der Waals surface area contributed by atoms with Crippen molar-refractivity contribution in [2.45, 2.75) is 13.0 Å². The highest BCUT2D eigenvalue weighted by atomic mass is 16.6. The fourth-order valence-corrected chi connectivity index (χ4v) is 3.63. The van der Waals surface area contributed by atoms with Crippen LogP contribution in [0.1, 0.15) is 16.2 Å². The Kier molecular flexibility index (Phi) is 4.20. The van der Waals surface area contributed by atoms with E-state index in [1.807, 2.05) is 52.0 Å². The largest absolute Gasteiger partial charge is 0.486 e. The van der Waals surface area contributed by atoms with Gasteiger partial charge in [0.25, 0.3) is 5.91 Å². The maximum atomic E-state index is 13.1. The zero-order valence-corrected chi connectivity index (χ0v) is 15.4. The van der Waals surface area contributed by atoms with Crippen molar-refractivity contribution >= 4 is 5.91 Å². The second kappa shape index (κ2) is 6.99. The molecule has 2 aliphatic heterocycles. The van der Waals surface area contributed by atoms with Crippen molar-refractivity contribution in [3.8, 4) is 22.9 Å². The van der Waals surface area contributed by atoms with Crippen LogP contribution >= 0.6 is 0 Å². The van der Waals surface area contributed by atoms with Gasteiger partial charge in [0.15, 0.2) is 17.3 Å². The number of para-hydroxylation sites is 1. The number of amides is 1. The van der Waals surface area contributed by atoms with Gasteiger partial charge in [0, 0.05) is 25.1 Å². The molecule has 2 aliphatic rings. The number of aromatic nitrogens is 3. The molecule has 0 N–H and O–H groups in total. The van der Waals surface area contributed by atoms with Crippen molar-refractivity contribution in [3.63, 3.8) is 0 Å².